The summed E-state index contributed by atoms with van der Waals surface area (Å²) >= 11 is 12.2. The number of benzene rings is 1. The van der Waals surface area contributed by atoms with Gasteiger partial charge in [0.25, 0.3) is 0 Å². The summed E-state index contributed by atoms with van der Waals surface area (Å²) in [6.45, 7) is 5.87. The lowest BCUT2D eigenvalue weighted by atomic mass is 9.87. The average Bonchev–Trinajstić information content (AvgIpc) is 2.79. The maximum absolute atomic E-state index is 6.19. The molecule has 0 radical (unpaired) electrons. The molecule has 1 aliphatic carbocycles. The fraction of sp³-hybridized carbons (Fsp3) is 0.600. The molecule has 1 saturated heterocycles. The van der Waals surface area contributed by atoms with Gasteiger partial charge >= 0.3 is 0 Å². The Balaban J connectivity index is 1.85. The summed E-state index contributed by atoms with van der Waals surface area (Å²) < 4.78 is 5.57. The predicted octanol–water partition coefficient (Wildman–Crippen LogP) is 3.51. The summed E-state index contributed by atoms with van der Waals surface area (Å²) in [7, 11) is 0. The van der Waals surface area contributed by atoms with E-state index in [0.29, 0.717) is 10.0 Å². The first-order valence-electron chi connectivity index (χ1n) is 6.94. The number of hydrogen-bond acceptors (Lipinski definition) is 2. The van der Waals surface area contributed by atoms with Crippen molar-refractivity contribution in [1.82, 2.24) is 5.32 Å². The fourth-order valence-electron chi connectivity index (χ4n) is 3.76. The fourth-order valence-corrected chi connectivity index (χ4v) is 4.06. The van der Waals surface area contributed by atoms with Crippen LogP contribution in [0.1, 0.15) is 18.9 Å². The minimum absolute atomic E-state index is 0.259. The molecule has 104 valence electrons. The summed E-state index contributed by atoms with van der Waals surface area (Å²) in [4.78, 5) is 0. The number of ether oxygens (including phenoxy) is 1. The zero-order valence-electron chi connectivity index (χ0n) is 11.1. The zero-order chi connectivity index (χ0) is 13.5. The second-order valence-corrected chi connectivity index (χ2v) is 6.30. The van der Waals surface area contributed by atoms with Crippen LogP contribution in [0, 0.1) is 11.8 Å². The first kappa shape index (κ1) is 13.7. The Hall–Kier alpha value is -0.280. The first-order valence-corrected chi connectivity index (χ1v) is 7.69. The van der Waals surface area contributed by atoms with Crippen LogP contribution in [-0.4, -0.2) is 26.3 Å². The molecule has 0 aromatic heterocycles. The van der Waals surface area contributed by atoms with Gasteiger partial charge in [-0.25, -0.2) is 0 Å². The van der Waals surface area contributed by atoms with Crippen LogP contribution >= 0.6 is 23.2 Å². The van der Waals surface area contributed by atoms with Gasteiger partial charge in [0.15, 0.2) is 0 Å². The first-order chi connectivity index (χ1) is 9.20. The molecule has 19 heavy (non-hydrogen) atoms. The maximum atomic E-state index is 6.19. The van der Waals surface area contributed by atoms with E-state index < -0.39 is 0 Å². The van der Waals surface area contributed by atoms with Crippen LogP contribution in [0.4, 0.5) is 0 Å². The topological polar surface area (TPSA) is 21.3 Å². The maximum Gasteiger partial charge on any atom is 0.0595 e. The number of rotatable bonds is 5. The summed E-state index contributed by atoms with van der Waals surface area (Å²) in [5.41, 5.74) is 1.59. The van der Waals surface area contributed by atoms with Gasteiger partial charge < -0.3 is 10.1 Å². The average molecular weight is 300 g/mol. The van der Waals surface area contributed by atoms with Crippen LogP contribution < -0.4 is 5.32 Å². The van der Waals surface area contributed by atoms with Crippen LogP contribution in [0.5, 0.6) is 0 Å². The molecule has 2 fully saturated rings. The molecule has 0 spiro atoms. The smallest absolute Gasteiger partial charge is 0.0595 e. The van der Waals surface area contributed by atoms with Crippen molar-refractivity contribution < 1.29 is 4.74 Å². The summed E-state index contributed by atoms with van der Waals surface area (Å²) in [5.74, 6) is 1.45. The van der Waals surface area contributed by atoms with E-state index in [9.17, 15) is 0 Å². The largest absolute Gasteiger partial charge is 0.382 e. The molecule has 3 rings (SSSR count). The van der Waals surface area contributed by atoms with Gasteiger partial charge in [-0.1, -0.05) is 29.3 Å². The number of halogens is 2. The highest BCUT2D eigenvalue weighted by atomic mass is 35.5. The Kier molecular flexibility index (Phi) is 3.78. The molecule has 1 aliphatic heterocycles. The lowest BCUT2D eigenvalue weighted by Gasteiger charge is -2.22. The van der Waals surface area contributed by atoms with Crippen LogP contribution in [0.2, 0.25) is 10.0 Å². The van der Waals surface area contributed by atoms with Gasteiger partial charge in [0.05, 0.1) is 10.0 Å². The van der Waals surface area contributed by atoms with Gasteiger partial charge in [0, 0.05) is 18.6 Å². The van der Waals surface area contributed by atoms with Gasteiger partial charge in [0.2, 0.25) is 0 Å². The quantitative estimate of drug-likeness (QED) is 0.840. The highest BCUT2D eigenvalue weighted by Crippen LogP contribution is 2.64. The van der Waals surface area contributed by atoms with E-state index in [-0.39, 0.29) is 5.41 Å². The van der Waals surface area contributed by atoms with Crippen molar-refractivity contribution in [2.24, 2.45) is 11.8 Å². The molecule has 1 saturated carbocycles. The summed E-state index contributed by atoms with van der Waals surface area (Å²) in [6, 6.07) is 6.11. The Morgan fingerprint density at radius 3 is 2.63 bits per heavy atom. The van der Waals surface area contributed by atoms with Crippen molar-refractivity contribution in [3.8, 4) is 0 Å². The van der Waals surface area contributed by atoms with Crippen LogP contribution in [0.15, 0.2) is 18.2 Å². The molecule has 4 heteroatoms. The van der Waals surface area contributed by atoms with Gasteiger partial charge in [-0.15, -0.1) is 0 Å². The van der Waals surface area contributed by atoms with E-state index in [1.165, 1.54) is 5.56 Å². The molecular formula is C15H19Cl2NO. The van der Waals surface area contributed by atoms with Gasteiger partial charge in [0.1, 0.15) is 0 Å². The minimum atomic E-state index is 0.259. The molecule has 0 unspecified atom stereocenters. The van der Waals surface area contributed by atoms with Crippen molar-refractivity contribution in [3.63, 3.8) is 0 Å². The molecule has 2 aliphatic rings. The van der Waals surface area contributed by atoms with E-state index in [2.05, 4.69) is 11.4 Å². The molecular weight excluding hydrogens is 281 g/mol. The molecule has 2 nitrogen and oxygen atoms in total. The van der Waals surface area contributed by atoms with Gasteiger partial charge in [-0.05, 0) is 56.0 Å². The van der Waals surface area contributed by atoms with Gasteiger partial charge in [-0.3, -0.25) is 0 Å². The lowest BCUT2D eigenvalue weighted by molar-refractivity contribution is 0.133. The van der Waals surface area contributed by atoms with E-state index in [1.54, 1.807) is 0 Å². The highest BCUT2D eigenvalue weighted by Gasteiger charge is 2.66. The van der Waals surface area contributed by atoms with Crippen molar-refractivity contribution in [2.45, 2.75) is 18.8 Å². The Bertz CT molecular complexity index is 467. The lowest BCUT2D eigenvalue weighted by Crippen LogP contribution is -2.26. The number of fused-ring (bicyclic) bond motifs is 1. The van der Waals surface area contributed by atoms with Gasteiger partial charge in [-0.2, -0.15) is 0 Å². The molecule has 1 aromatic carbocycles. The van der Waals surface area contributed by atoms with Crippen LogP contribution in [0.3, 0.4) is 0 Å². The third kappa shape index (κ3) is 2.19. The SMILES string of the molecule is CCOCC[C@]1(c2ccc(Cl)c(Cl)c2)[C@@H]2CNC[C@@H]21. The molecule has 0 amide bonds. The van der Waals surface area contributed by atoms with Crippen molar-refractivity contribution in [2.75, 3.05) is 26.3 Å². The zero-order valence-corrected chi connectivity index (χ0v) is 12.6. The van der Waals surface area contributed by atoms with Crippen LogP contribution in [-0.2, 0) is 10.2 Å². The van der Waals surface area contributed by atoms with E-state index in [1.807, 2.05) is 19.1 Å². The molecule has 1 aromatic rings. The standard InChI is InChI=1S/C15H19Cl2NO/c1-2-19-6-5-15(11-8-18-9-12(11)15)10-3-4-13(16)14(17)7-10/h3-4,7,11-12,18H,2,5-6,8-9H2,1H3/t11-,12+,15+. The highest BCUT2D eigenvalue weighted by molar-refractivity contribution is 6.42. The van der Waals surface area contributed by atoms with E-state index in [0.717, 1.165) is 44.6 Å². The molecule has 1 heterocycles. The Morgan fingerprint density at radius 1 is 1.26 bits per heavy atom. The van der Waals surface area contributed by atoms with E-state index in [4.69, 9.17) is 27.9 Å². The minimum Gasteiger partial charge on any atom is -0.382 e. The molecule has 1 N–H and O–H groups in total. The monoisotopic (exact) mass is 299 g/mol. The normalized spacial score (nSPS) is 32.4. The summed E-state index contributed by atoms with van der Waals surface area (Å²) in [6.07, 6.45) is 1.08. The number of nitrogens with one attached hydrogen (secondary N) is 1. The second kappa shape index (κ2) is 5.25. The third-order valence-corrected chi connectivity index (χ3v) is 5.49. The molecule has 3 atom stereocenters. The Morgan fingerprint density at radius 2 is 2.00 bits per heavy atom. The number of hydrogen-bond donors (Lipinski definition) is 1. The van der Waals surface area contributed by atoms with Crippen LogP contribution in [0.25, 0.3) is 0 Å². The third-order valence-electron chi connectivity index (χ3n) is 4.75. The van der Waals surface area contributed by atoms with Crippen molar-refractivity contribution in [1.29, 1.82) is 0 Å². The second-order valence-electron chi connectivity index (χ2n) is 5.49. The molecule has 0 bridgehead atoms. The number of piperidine rings is 1. The summed E-state index contributed by atoms with van der Waals surface area (Å²) in [5, 5.41) is 4.76. The van der Waals surface area contributed by atoms with Crippen molar-refractivity contribution in [3.05, 3.63) is 33.8 Å². The Labute approximate surface area is 124 Å². The predicted molar refractivity (Wildman–Crippen MR) is 79.1 cm³/mol. The van der Waals surface area contributed by atoms with Crippen molar-refractivity contribution >= 4 is 23.2 Å². The van der Waals surface area contributed by atoms with E-state index >= 15 is 0 Å².